The van der Waals surface area contributed by atoms with Crippen LogP contribution in [0.15, 0.2) is 12.3 Å². The van der Waals surface area contributed by atoms with Crippen LogP contribution in [0.5, 0.6) is 0 Å². The molecule has 0 fully saturated rings. The van der Waals surface area contributed by atoms with Crippen molar-refractivity contribution in [2.24, 2.45) is 5.92 Å². The van der Waals surface area contributed by atoms with Crippen molar-refractivity contribution >= 4 is 17.5 Å². The number of H-pyrrole nitrogens is 1. The molecule has 1 aromatic rings. The molecule has 16 heavy (non-hydrogen) atoms. The molecule has 1 atom stereocenters. The number of hydrogen-bond donors (Lipinski definition) is 2. The summed E-state index contributed by atoms with van der Waals surface area (Å²) < 4.78 is 0. The third-order valence-corrected chi connectivity index (χ3v) is 2.67. The lowest BCUT2D eigenvalue weighted by atomic mass is 10.0. The van der Waals surface area contributed by atoms with Crippen molar-refractivity contribution in [3.8, 4) is 0 Å². The first-order chi connectivity index (χ1) is 7.49. The molecule has 1 unspecified atom stereocenters. The number of hydrogen-bond acceptors (Lipinski definition) is 1. The fourth-order valence-corrected chi connectivity index (χ4v) is 1.62. The van der Waals surface area contributed by atoms with Crippen molar-refractivity contribution in [2.75, 3.05) is 0 Å². The van der Waals surface area contributed by atoms with Crippen LogP contribution in [-0.4, -0.2) is 16.9 Å². The average molecular weight is 243 g/mol. The van der Waals surface area contributed by atoms with E-state index in [4.69, 9.17) is 11.6 Å². The third kappa shape index (κ3) is 4.27. The Morgan fingerprint density at radius 2 is 2.12 bits per heavy atom. The number of amides is 1. The van der Waals surface area contributed by atoms with E-state index in [0.717, 1.165) is 12.8 Å². The Morgan fingerprint density at radius 3 is 2.62 bits per heavy atom. The zero-order valence-electron chi connectivity index (χ0n) is 10.0. The number of aromatic amines is 1. The van der Waals surface area contributed by atoms with Gasteiger partial charge in [-0.25, -0.2) is 0 Å². The summed E-state index contributed by atoms with van der Waals surface area (Å²) in [4.78, 5) is 14.5. The Labute approximate surface area is 102 Å². The Kier molecular flexibility index (Phi) is 4.87. The lowest BCUT2D eigenvalue weighted by Crippen LogP contribution is -2.32. The van der Waals surface area contributed by atoms with Crippen molar-refractivity contribution in [1.29, 1.82) is 0 Å². The number of nitrogens with one attached hydrogen (secondary N) is 2. The lowest BCUT2D eigenvalue weighted by Gasteiger charge is -2.14. The molecule has 3 nitrogen and oxygen atoms in total. The van der Waals surface area contributed by atoms with Gasteiger partial charge in [0.2, 0.25) is 0 Å². The molecule has 0 spiro atoms. The summed E-state index contributed by atoms with van der Waals surface area (Å²) in [5, 5.41) is 3.49. The van der Waals surface area contributed by atoms with E-state index < -0.39 is 0 Å². The normalized spacial score (nSPS) is 12.8. The number of carbonyl (C=O) groups is 1. The minimum atomic E-state index is -0.0943. The van der Waals surface area contributed by atoms with Crippen molar-refractivity contribution in [1.82, 2.24) is 10.3 Å². The van der Waals surface area contributed by atoms with Gasteiger partial charge in [-0.3, -0.25) is 4.79 Å². The molecule has 1 amide bonds. The molecule has 0 aliphatic heterocycles. The molecule has 0 aliphatic rings. The molecule has 4 heteroatoms. The molecule has 0 aromatic carbocycles. The van der Waals surface area contributed by atoms with E-state index in [0.29, 0.717) is 16.6 Å². The van der Waals surface area contributed by atoms with Gasteiger partial charge in [0.1, 0.15) is 5.69 Å². The van der Waals surface area contributed by atoms with Gasteiger partial charge < -0.3 is 10.3 Å². The van der Waals surface area contributed by atoms with E-state index in [1.165, 1.54) is 0 Å². The summed E-state index contributed by atoms with van der Waals surface area (Å²) in [7, 11) is 0. The highest BCUT2D eigenvalue weighted by Crippen LogP contribution is 2.10. The average Bonchev–Trinajstić information content (AvgIpc) is 2.62. The van der Waals surface area contributed by atoms with Gasteiger partial charge in [0, 0.05) is 12.2 Å². The minimum absolute atomic E-state index is 0.0943. The number of rotatable bonds is 5. The number of carbonyl (C=O) groups excluding carboxylic acids is 1. The maximum absolute atomic E-state index is 11.7. The van der Waals surface area contributed by atoms with E-state index in [1.54, 1.807) is 12.3 Å². The monoisotopic (exact) mass is 242 g/mol. The highest BCUT2D eigenvalue weighted by Gasteiger charge is 2.11. The largest absolute Gasteiger partial charge is 0.356 e. The van der Waals surface area contributed by atoms with Crippen molar-refractivity contribution in [3.63, 3.8) is 0 Å². The molecule has 1 heterocycles. The second kappa shape index (κ2) is 5.94. The van der Waals surface area contributed by atoms with Crippen LogP contribution in [0.2, 0.25) is 5.02 Å². The predicted molar refractivity (Wildman–Crippen MR) is 66.8 cm³/mol. The minimum Gasteiger partial charge on any atom is -0.356 e. The van der Waals surface area contributed by atoms with Crippen LogP contribution in [0.4, 0.5) is 0 Å². The van der Waals surface area contributed by atoms with Gasteiger partial charge >= 0.3 is 0 Å². The Hall–Kier alpha value is -0.960. The molecule has 2 N–H and O–H groups in total. The maximum Gasteiger partial charge on any atom is 0.267 e. The summed E-state index contributed by atoms with van der Waals surface area (Å²) in [5.74, 6) is 0.572. The first kappa shape index (κ1) is 13.1. The SMILES string of the molecule is CC(C)CCC(C)NC(=O)c1cc(Cl)c[nH]1. The van der Waals surface area contributed by atoms with E-state index in [2.05, 4.69) is 24.1 Å². The van der Waals surface area contributed by atoms with Gasteiger partial charge in [-0.15, -0.1) is 0 Å². The Morgan fingerprint density at radius 1 is 1.44 bits per heavy atom. The van der Waals surface area contributed by atoms with Crippen molar-refractivity contribution in [2.45, 2.75) is 39.7 Å². The number of halogens is 1. The maximum atomic E-state index is 11.7. The van der Waals surface area contributed by atoms with Crippen LogP contribution in [0.25, 0.3) is 0 Å². The summed E-state index contributed by atoms with van der Waals surface area (Å²) in [5.41, 5.74) is 0.515. The van der Waals surface area contributed by atoms with E-state index in [9.17, 15) is 4.79 Å². The molecule has 1 aromatic heterocycles. The van der Waals surface area contributed by atoms with Crippen molar-refractivity contribution < 1.29 is 4.79 Å². The quantitative estimate of drug-likeness (QED) is 0.818. The van der Waals surface area contributed by atoms with Gasteiger partial charge in [0.25, 0.3) is 5.91 Å². The molecule has 0 saturated heterocycles. The Balaban J connectivity index is 2.39. The molecule has 90 valence electrons. The highest BCUT2D eigenvalue weighted by atomic mass is 35.5. The fraction of sp³-hybridized carbons (Fsp3) is 0.583. The Bertz CT molecular complexity index is 347. The van der Waals surface area contributed by atoms with Gasteiger partial charge in [0.15, 0.2) is 0 Å². The van der Waals surface area contributed by atoms with Crippen LogP contribution < -0.4 is 5.32 Å². The topological polar surface area (TPSA) is 44.9 Å². The molecular weight excluding hydrogens is 224 g/mol. The van der Waals surface area contributed by atoms with Crippen LogP contribution in [0.1, 0.15) is 44.1 Å². The van der Waals surface area contributed by atoms with E-state index in [-0.39, 0.29) is 11.9 Å². The zero-order valence-corrected chi connectivity index (χ0v) is 10.8. The van der Waals surface area contributed by atoms with Crippen LogP contribution >= 0.6 is 11.6 Å². The van der Waals surface area contributed by atoms with Crippen molar-refractivity contribution in [3.05, 3.63) is 23.0 Å². The lowest BCUT2D eigenvalue weighted by molar-refractivity contribution is 0.0933. The van der Waals surface area contributed by atoms with Crippen LogP contribution in [0, 0.1) is 5.92 Å². The third-order valence-electron chi connectivity index (χ3n) is 2.45. The van der Waals surface area contributed by atoms with Gasteiger partial charge in [-0.2, -0.15) is 0 Å². The van der Waals surface area contributed by atoms with Gasteiger partial charge in [-0.1, -0.05) is 25.4 Å². The second-order valence-electron chi connectivity index (χ2n) is 4.58. The van der Waals surface area contributed by atoms with Crippen LogP contribution in [0.3, 0.4) is 0 Å². The standard InChI is InChI=1S/C12H19ClN2O/c1-8(2)4-5-9(3)15-12(16)11-6-10(13)7-14-11/h6-9,14H,4-5H2,1-3H3,(H,15,16). The molecule has 0 saturated carbocycles. The molecule has 0 bridgehead atoms. The summed E-state index contributed by atoms with van der Waals surface area (Å²) in [6, 6.07) is 1.82. The summed E-state index contributed by atoms with van der Waals surface area (Å²) in [6.45, 7) is 6.38. The first-order valence-corrected chi connectivity index (χ1v) is 6.01. The summed E-state index contributed by atoms with van der Waals surface area (Å²) in [6.07, 6.45) is 3.72. The second-order valence-corrected chi connectivity index (χ2v) is 5.01. The van der Waals surface area contributed by atoms with E-state index in [1.807, 2.05) is 6.92 Å². The fourth-order valence-electron chi connectivity index (χ4n) is 1.46. The number of aromatic nitrogens is 1. The van der Waals surface area contributed by atoms with Gasteiger partial charge in [0.05, 0.1) is 5.02 Å². The van der Waals surface area contributed by atoms with E-state index >= 15 is 0 Å². The van der Waals surface area contributed by atoms with Crippen LogP contribution in [-0.2, 0) is 0 Å². The molecule has 0 radical (unpaired) electrons. The summed E-state index contributed by atoms with van der Waals surface area (Å²) >= 11 is 5.73. The predicted octanol–water partition coefficient (Wildman–Crippen LogP) is 3.22. The smallest absolute Gasteiger partial charge is 0.267 e. The zero-order chi connectivity index (χ0) is 12.1. The molecular formula is C12H19ClN2O. The first-order valence-electron chi connectivity index (χ1n) is 5.64. The molecule has 0 aliphatic carbocycles. The molecule has 1 rings (SSSR count). The highest BCUT2D eigenvalue weighted by molar-refractivity contribution is 6.30. The van der Waals surface area contributed by atoms with Gasteiger partial charge in [-0.05, 0) is 31.7 Å².